The van der Waals surface area contributed by atoms with Crippen LogP contribution in [-0.4, -0.2) is 33.6 Å². The minimum absolute atomic E-state index is 0.325. The largest absolute Gasteiger partial charge is 0.461 e. The molecule has 0 aromatic carbocycles. The number of carbonyl (C=O) groups excluding carboxylic acids is 1. The van der Waals surface area contributed by atoms with Crippen LogP contribution in [0.15, 0.2) is 12.5 Å². The van der Waals surface area contributed by atoms with Crippen molar-refractivity contribution in [3.8, 4) is 0 Å². The molecule has 1 fully saturated rings. The number of nitrogens with zero attached hydrogens (tertiary/aromatic N) is 2. The molecule has 0 spiro atoms. The highest BCUT2D eigenvalue weighted by Crippen LogP contribution is 2.33. The molecular formula is C13H20N2O2S. The molecule has 18 heavy (non-hydrogen) atoms. The molecule has 0 saturated heterocycles. The predicted molar refractivity (Wildman–Crippen MR) is 73.0 cm³/mol. The average Bonchev–Trinajstić information content (AvgIpc) is 2.89. The van der Waals surface area contributed by atoms with Gasteiger partial charge in [-0.2, -0.15) is 11.8 Å². The zero-order chi connectivity index (χ0) is 13.0. The van der Waals surface area contributed by atoms with Gasteiger partial charge < -0.3 is 9.30 Å². The molecule has 1 aliphatic carbocycles. The first-order valence-electron chi connectivity index (χ1n) is 6.48. The van der Waals surface area contributed by atoms with Crippen LogP contribution in [0.3, 0.4) is 0 Å². The van der Waals surface area contributed by atoms with E-state index >= 15 is 0 Å². The maximum Gasteiger partial charge on any atom is 0.358 e. The first kappa shape index (κ1) is 13.5. The fourth-order valence-corrected chi connectivity index (χ4v) is 3.17. The van der Waals surface area contributed by atoms with E-state index in [0.29, 0.717) is 18.3 Å². The maximum atomic E-state index is 11.5. The van der Waals surface area contributed by atoms with Gasteiger partial charge in [0.05, 0.1) is 12.9 Å². The molecule has 1 heterocycles. The zero-order valence-corrected chi connectivity index (χ0v) is 11.8. The summed E-state index contributed by atoms with van der Waals surface area (Å²) in [5, 5.41) is 0.800. The minimum atomic E-state index is -0.325. The van der Waals surface area contributed by atoms with Crippen molar-refractivity contribution in [1.29, 1.82) is 0 Å². The Hall–Kier alpha value is -0.970. The third-order valence-corrected chi connectivity index (χ3v) is 4.62. The van der Waals surface area contributed by atoms with E-state index in [1.807, 2.05) is 18.0 Å². The normalized spacial score (nSPS) is 23.9. The van der Waals surface area contributed by atoms with Gasteiger partial charge in [0.25, 0.3) is 0 Å². The van der Waals surface area contributed by atoms with Crippen molar-refractivity contribution >= 4 is 17.7 Å². The molecule has 0 radical (unpaired) electrons. The lowest BCUT2D eigenvalue weighted by Gasteiger charge is -2.28. The highest BCUT2D eigenvalue weighted by Gasteiger charge is 2.22. The van der Waals surface area contributed by atoms with Crippen LogP contribution in [0.5, 0.6) is 0 Å². The Morgan fingerprint density at radius 2 is 2.22 bits per heavy atom. The predicted octanol–water partition coefficient (Wildman–Crippen LogP) is 2.91. The number of ether oxygens (including phenoxy) is 1. The highest BCUT2D eigenvalue weighted by atomic mass is 32.2. The van der Waals surface area contributed by atoms with Crippen LogP contribution in [0.4, 0.5) is 0 Å². The molecule has 0 bridgehead atoms. The lowest BCUT2D eigenvalue weighted by Crippen LogP contribution is -2.18. The summed E-state index contributed by atoms with van der Waals surface area (Å²) < 4.78 is 7.02. The van der Waals surface area contributed by atoms with E-state index in [0.717, 1.165) is 5.25 Å². The minimum Gasteiger partial charge on any atom is -0.461 e. The van der Waals surface area contributed by atoms with Gasteiger partial charge in [-0.25, -0.2) is 9.78 Å². The summed E-state index contributed by atoms with van der Waals surface area (Å²) >= 11 is 1.96. The van der Waals surface area contributed by atoms with E-state index in [2.05, 4.69) is 15.8 Å². The standard InChI is InChI=1S/C13H20N2O2S/c1-3-17-13(16)12-8-15(9-14-12)10-4-6-11(18-2)7-5-10/h8-11H,3-7H2,1-2H3. The summed E-state index contributed by atoms with van der Waals surface area (Å²) in [4.78, 5) is 15.7. The molecular weight excluding hydrogens is 248 g/mol. The Bertz CT molecular complexity index is 397. The molecule has 2 rings (SSSR count). The SMILES string of the molecule is CCOC(=O)c1cn(C2CCC(SC)CC2)cn1. The Labute approximate surface area is 112 Å². The third kappa shape index (κ3) is 3.07. The van der Waals surface area contributed by atoms with Gasteiger partial charge in [0.1, 0.15) is 0 Å². The van der Waals surface area contributed by atoms with Crippen molar-refractivity contribution in [3.05, 3.63) is 18.2 Å². The summed E-state index contributed by atoms with van der Waals surface area (Å²) in [7, 11) is 0. The Morgan fingerprint density at radius 3 is 2.83 bits per heavy atom. The fourth-order valence-electron chi connectivity index (χ4n) is 2.43. The molecule has 0 unspecified atom stereocenters. The molecule has 1 saturated carbocycles. The van der Waals surface area contributed by atoms with Gasteiger partial charge in [0, 0.05) is 17.5 Å². The second-order valence-corrected chi connectivity index (χ2v) is 5.73. The molecule has 0 N–H and O–H groups in total. The number of aromatic nitrogens is 2. The molecule has 0 atom stereocenters. The summed E-state index contributed by atoms with van der Waals surface area (Å²) in [5.41, 5.74) is 0.420. The molecule has 4 nitrogen and oxygen atoms in total. The van der Waals surface area contributed by atoms with E-state index in [-0.39, 0.29) is 5.97 Å². The highest BCUT2D eigenvalue weighted by molar-refractivity contribution is 7.99. The van der Waals surface area contributed by atoms with Crippen molar-refractivity contribution < 1.29 is 9.53 Å². The molecule has 100 valence electrons. The molecule has 0 aliphatic heterocycles. The summed E-state index contributed by atoms with van der Waals surface area (Å²) in [6.45, 7) is 2.20. The van der Waals surface area contributed by atoms with Crippen LogP contribution in [-0.2, 0) is 4.74 Å². The first-order chi connectivity index (χ1) is 8.74. The first-order valence-corrected chi connectivity index (χ1v) is 7.76. The number of hydrogen-bond donors (Lipinski definition) is 0. The van der Waals surface area contributed by atoms with Crippen molar-refractivity contribution in [2.24, 2.45) is 0 Å². The van der Waals surface area contributed by atoms with Crippen molar-refractivity contribution in [3.63, 3.8) is 0 Å². The van der Waals surface area contributed by atoms with E-state index in [1.165, 1.54) is 25.7 Å². The third-order valence-electron chi connectivity index (χ3n) is 3.48. The van der Waals surface area contributed by atoms with Crippen LogP contribution < -0.4 is 0 Å². The number of hydrogen-bond acceptors (Lipinski definition) is 4. The summed E-state index contributed by atoms with van der Waals surface area (Å²) in [5.74, 6) is -0.325. The van der Waals surface area contributed by atoms with E-state index < -0.39 is 0 Å². The van der Waals surface area contributed by atoms with E-state index in [9.17, 15) is 4.79 Å². The number of esters is 1. The number of thioether (sulfide) groups is 1. The molecule has 1 aliphatic rings. The molecule has 1 aromatic rings. The molecule has 0 amide bonds. The number of imidazole rings is 1. The maximum absolute atomic E-state index is 11.5. The smallest absolute Gasteiger partial charge is 0.358 e. The summed E-state index contributed by atoms with van der Waals surface area (Å²) in [6.07, 6.45) is 10.6. The quantitative estimate of drug-likeness (QED) is 0.788. The number of rotatable bonds is 4. The second-order valence-electron chi connectivity index (χ2n) is 4.59. The monoisotopic (exact) mass is 268 g/mol. The van der Waals surface area contributed by atoms with Crippen LogP contribution in [0, 0.1) is 0 Å². The topological polar surface area (TPSA) is 44.1 Å². The molecule has 1 aromatic heterocycles. The second kappa shape index (κ2) is 6.27. The van der Waals surface area contributed by atoms with Crippen LogP contribution in [0.1, 0.15) is 49.1 Å². The van der Waals surface area contributed by atoms with Gasteiger partial charge in [0.2, 0.25) is 0 Å². The Balaban J connectivity index is 1.96. The van der Waals surface area contributed by atoms with Crippen LogP contribution in [0.25, 0.3) is 0 Å². The Kier molecular flexibility index (Phi) is 4.69. The lowest BCUT2D eigenvalue weighted by molar-refractivity contribution is 0.0520. The Morgan fingerprint density at radius 1 is 1.50 bits per heavy atom. The van der Waals surface area contributed by atoms with Gasteiger partial charge in [-0.05, 0) is 38.9 Å². The van der Waals surface area contributed by atoms with Crippen molar-refractivity contribution in [1.82, 2.24) is 9.55 Å². The van der Waals surface area contributed by atoms with E-state index in [1.54, 1.807) is 13.3 Å². The summed E-state index contributed by atoms with van der Waals surface area (Å²) in [6, 6.07) is 0.490. The zero-order valence-electron chi connectivity index (χ0n) is 11.0. The van der Waals surface area contributed by atoms with Gasteiger partial charge in [0.15, 0.2) is 5.69 Å². The van der Waals surface area contributed by atoms with E-state index in [4.69, 9.17) is 4.74 Å². The van der Waals surface area contributed by atoms with Crippen LogP contribution in [0.2, 0.25) is 0 Å². The van der Waals surface area contributed by atoms with Crippen LogP contribution >= 0.6 is 11.8 Å². The molecule has 5 heteroatoms. The van der Waals surface area contributed by atoms with Crippen molar-refractivity contribution in [2.75, 3.05) is 12.9 Å². The van der Waals surface area contributed by atoms with Gasteiger partial charge in [-0.3, -0.25) is 0 Å². The fraction of sp³-hybridized carbons (Fsp3) is 0.692. The van der Waals surface area contributed by atoms with Gasteiger partial charge in [-0.1, -0.05) is 0 Å². The van der Waals surface area contributed by atoms with Gasteiger partial charge >= 0.3 is 5.97 Å². The van der Waals surface area contributed by atoms with Crippen molar-refractivity contribution in [2.45, 2.75) is 43.9 Å². The average molecular weight is 268 g/mol. The number of carbonyl (C=O) groups is 1. The lowest BCUT2D eigenvalue weighted by atomic mass is 9.95. The van der Waals surface area contributed by atoms with Gasteiger partial charge in [-0.15, -0.1) is 0 Å².